The molecular formula is C33H23BN4O3. The molecule has 0 amide bonds. The fraction of sp³-hybridized carbons (Fsp3) is 0. The molecule has 0 saturated heterocycles. The second kappa shape index (κ2) is 10.0. The minimum atomic E-state index is -1.74. The van der Waals surface area contributed by atoms with Crippen molar-refractivity contribution in [2.75, 3.05) is 0 Å². The molecule has 7 aromatic rings. The van der Waals surface area contributed by atoms with Gasteiger partial charge in [-0.3, -0.25) is 4.57 Å². The molecule has 0 radical (unpaired) electrons. The summed E-state index contributed by atoms with van der Waals surface area (Å²) in [5.74, 6) is 1.50. The summed E-state index contributed by atoms with van der Waals surface area (Å²) in [6, 6.07) is 38.7. The van der Waals surface area contributed by atoms with Crippen LogP contribution < -0.4 is 5.46 Å². The molecule has 2 aromatic heterocycles. The SMILES string of the molecule is OB(O)c1ccc(-c2ccc3c(c2)c2ccccc2n3-c2nc(-c3ccccc3)nc(-c3ccccc3)n2)cc1O. The molecule has 2 heterocycles. The highest BCUT2D eigenvalue weighted by atomic mass is 16.4. The first-order valence-corrected chi connectivity index (χ1v) is 13.2. The van der Waals surface area contributed by atoms with Crippen molar-refractivity contribution in [2.45, 2.75) is 0 Å². The average molecular weight is 534 g/mol. The zero-order valence-electron chi connectivity index (χ0n) is 21.8. The summed E-state index contributed by atoms with van der Waals surface area (Å²) in [6.07, 6.45) is 0. The lowest BCUT2D eigenvalue weighted by atomic mass is 9.79. The summed E-state index contributed by atoms with van der Waals surface area (Å²) < 4.78 is 2.05. The minimum Gasteiger partial charge on any atom is -0.508 e. The molecule has 41 heavy (non-hydrogen) atoms. The maximum Gasteiger partial charge on any atom is 0.492 e. The lowest BCUT2D eigenvalue weighted by Crippen LogP contribution is -2.29. The summed E-state index contributed by atoms with van der Waals surface area (Å²) in [7, 11) is -1.74. The maximum absolute atomic E-state index is 10.4. The van der Waals surface area contributed by atoms with Crippen LogP contribution in [0.1, 0.15) is 0 Å². The van der Waals surface area contributed by atoms with Crippen LogP contribution in [0.25, 0.3) is 61.7 Å². The standard InChI is InChI=1S/C33H23BN4O3/c39-30-20-24(15-17-27(30)34(40)41)23-16-18-29-26(19-23)25-13-7-8-14-28(25)38(29)33-36-31(21-9-3-1-4-10-21)35-32(37-33)22-11-5-2-6-12-22/h1-20,39-41H. The van der Waals surface area contributed by atoms with E-state index in [-0.39, 0.29) is 11.2 Å². The van der Waals surface area contributed by atoms with Crippen molar-refractivity contribution in [1.29, 1.82) is 0 Å². The van der Waals surface area contributed by atoms with Gasteiger partial charge in [-0.1, -0.05) is 97.1 Å². The molecule has 0 unspecified atom stereocenters. The highest BCUT2D eigenvalue weighted by Gasteiger charge is 2.19. The Morgan fingerprint density at radius 1 is 0.512 bits per heavy atom. The molecule has 196 valence electrons. The van der Waals surface area contributed by atoms with Crippen molar-refractivity contribution < 1.29 is 15.2 Å². The molecule has 8 heteroatoms. The largest absolute Gasteiger partial charge is 0.508 e. The quantitative estimate of drug-likeness (QED) is 0.257. The van der Waals surface area contributed by atoms with Crippen LogP contribution in [0.3, 0.4) is 0 Å². The third kappa shape index (κ3) is 4.41. The second-order valence-corrected chi connectivity index (χ2v) is 9.75. The second-order valence-electron chi connectivity index (χ2n) is 9.75. The summed E-state index contributed by atoms with van der Waals surface area (Å²) in [4.78, 5) is 14.7. The Balaban J connectivity index is 1.46. The van der Waals surface area contributed by atoms with E-state index in [0.29, 0.717) is 17.6 Å². The topological polar surface area (TPSA) is 104 Å². The Hall–Kier alpha value is -5.31. The monoisotopic (exact) mass is 534 g/mol. The van der Waals surface area contributed by atoms with Gasteiger partial charge in [0.25, 0.3) is 0 Å². The number of benzene rings is 5. The van der Waals surface area contributed by atoms with E-state index in [1.165, 1.54) is 6.07 Å². The molecule has 7 rings (SSSR count). The molecule has 0 bridgehead atoms. The molecule has 0 aliphatic carbocycles. The highest BCUT2D eigenvalue weighted by molar-refractivity contribution is 6.59. The first-order valence-electron chi connectivity index (χ1n) is 13.2. The Bertz CT molecular complexity index is 1990. The Labute approximate surface area is 235 Å². The number of para-hydroxylation sites is 1. The number of fused-ring (bicyclic) bond motifs is 3. The average Bonchev–Trinajstić information content (AvgIpc) is 3.35. The van der Waals surface area contributed by atoms with Crippen molar-refractivity contribution in [3.8, 4) is 45.6 Å². The number of hydrogen-bond acceptors (Lipinski definition) is 6. The zero-order valence-corrected chi connectivity index (χ0v) is 21.8. The van der Waals surface area contributed by atoms with E-state index >= 15 is 0 Å². The van der Waals surface area contributed by atoms with E-state index in [4.69, 9.17) is 15.0 Å². The lowest BCUT2D eigenvalue weighted by molar-refractivity contribution is 0.419. The van der Waals surface area contributed by atoms with Crippen LogP contribution in [0.5, 0.6) is 5.75 Å². The van der Waals surface area contributed by atoms with E-state index in [2.05, 4.69) is 16.7 Å². The first kappa shape index (κ1) is 24.7. The lowest BCUT2D eigenvalue weighted by Gasteiger charge is -2.11. The molecule has 3 N–H and O–H groups in total. The van der Waals surface area contributed by atoms with Crippen molar-refractivity contribution in [2.24, 2.45) is 0 Å². The van der Waals surface area contributed by atoms with E-state index in [9.17, 15) is 15.2 Å². The van der Waals surface area contributed by atoms with Gasteiger partial charge in [0, 0.05) is 27.4 Å². The van der Waals surface area contributed by atoms with Gasteiger partial charge in [0.05, 0.1) is 11.0 Å². The highest BCUT2D eigenvalue weighted by Crippen LogP contribution is 2.35. The van der Waals surface area contributed by atoms with Gasteiger partial charge in [0.2, 0.25) is 5.95 Å². The molecular weight excluding hydrogens is 511 g/mol. The number of phenols is 1. The van der Waals surface area contributed by atoms with Crippen LogP contribution in [0, 0.1) is 0 Å². The number of aromatic hydroxyl groups is 1. The molecule has 0 aliphatic rings. The predicted octanol–water partition coefficient (Wildman–Crippen LogP) is 5.36. The number of phenolic OH excluding ortho intramolecular Hbond substituents is 1. The van der Waals surface area contributed by atoms with Gasteiger partial charge in [-0.15, -0.1) is 0 Å². The molecule has 0 saturated carbocycles. The van der Waals surface area contributed by atoms with Gasteiger partial charge in [-0.2, -0.15) is 9.97 Å². The Kier molecular flexibility index (Phi) is 6.04. The molecule has 0 atom stereocenters. The van der Waals surface area contributed by atoms with Gasteiger partial charge in [0.1, 0.15) is 5.75 Å². The molecule has 0 aliphatic heterocycles. The van der Waals surface area contributed by atoms with Gasteiger partial charge in [-0.25, -0.2) is 4.98 Å². The van der Waals surface area contributed by atoms with Crippen molar-refractivity contribution >= 4 is 34.4 Å². The minimum absolute atomic E-state index is 0.0599. The fourth-order valence-corrected chi connectivity index (χ4v) is 5.21. The van der Waals surface area contributed by atoms with Crippen LogP contribution in [0.4, 0.5) is 0 Å². The fourth-order valence-electron chi connectivity index (χ4n) is 5.21. The van der Waals surface area contributed by atoms with Crippen LogP contribution in [0.15, 0.2) is 121 Å². The van der Waals surface area contributed by atoms with Gasteiger partial charge >= 0.3 is 7.12 Å². The zero-order chi connectivity index (χ0) is 27.9. The number of hydrogen-bond donors (Lipinski definition) is 3. The van der Waals surface area contributed by atoms with E-state index in [0.717, 1.165) is 44.1 Å². The van der Waals surface area contributed by atoms with Crippen LogP contribution in [0.2, 0.25) is 0 Å². The predicted molar refractivity (Wildman–Crippen MR) is 162 cm³/mol. The summed E-state index contributed by atoms with van der Waals surface area (Å²) >= 11 is 0. The third-order valence-electron chi connectivity index (χ3n) is 7.20. The first-order chi connectivity index (χ1) is 20.1. The molecule has 0 spiro atoms. The smallest absolute Gasteiger partial charge is 0.492 e. The van der Waals surface area contributed by atoms with Crippen molar-refractivity contribution in [3.63, 3.8) is 0 Å². The van der Waals surface area contributed by atoms with Crippen LogP contribution in [-0.2, 0) is 0 Å². The number of aromatic nitrogens is 4. The third-order valence-corrected chi connectivity index (χ3v) is 7.20. The molecule has 7 nitrogen and oxygen atoms in total. The molecule has 5 aromatic carbocycles. The van der Waals surface area contributed by atoms with Crippen LogP contribution >= 0.6 is 0 Å². The maximum atomic E-state index is 10.4. The van der Waals surface area contributed by atoms with E-state index < -0.39 is 7.12 Å². The van der Waals surface area contributed by atoms with E-state index in [1.807, 2.05) is 91.0 Å². The van der Waals surface area contributed by atoms with Gasteiger partial charge in [0.15, 0.2) is 11.6 Å². The Morgan fingerprint density at radius 2 is 1.07 bits per heavy atom. The van der Waals surface area contributed by atoms with Crippen molar-refractivity contribution in [3.05, 3.63) is 121 Å². The van der Waals surface area contributed by atoms with Crippen molar-refractivity contribution in [1.82, 2.24) is 19.5 Å². The summed E-state index contributed by atoms with van der Waals surface area (Å²) in [5.41, 5.74) is 5.35. The van der Waals surface area contributed by atoms with Gasteiger partial charge in [-0.05, 0) is 35.4 Å². The molecule has 0 fully saturated rings. The van der Waals surface area contributed by atoms with E-state index in [1.54, 1.807) is 12.1 Å². The number of rotatable bonds is 5. The number of nitrogens with zero attached hydrogens (tertiary/aromatic N) is 4. The summed E-state index contributed by atoms with van der Waals surface area (Å²) in [6.45, 7) is 0. The van der Waals surface area contributed by atoms with Crippen LogP contribution in [-0.4, -0.2) is 41.8 Å². The summed E-state index contributed by atoms with van der Waals surface area (Å²) in [5, 5.41) is 31.4. The normalized spacial score (nSPS) is 11.3. The van der Waals surface area contributed by atoms with Gasteiger partial charge < -0.3 is 15.2 Å². The Morgan fingerprint density at radius 3 is 1.71 bits per heavy atom.